The molecule has 0 unspecified atom stereocenters. The summed E-state index contributed by atoms with van der Waals surface area (Å²) in [4.78, 5) is 0. The predicted molar refractivity (Wildman–Crippen MR) is 7.84 cm³/mol. The predicted octanol–water partition coefficient (Wildman–Crippen LogP) is -0.772. The zero-order valence-electron chi connectivity index (χ0n) is 1.82. The van der Waals surface area contributed by atoms with Crippen LogP contribution in [-0.2, 0) is 42.1 Å². The van der Waals surface area contributed by atoms with Crippen molar-refractivity contribution in [2.24, 2.45) is 0 Å². The molecule has 0 rings (SSSR count). The molecule has 0 atom stereocenters. The molecule has 0 spiro atoms. The molecule has 0 fully saturated rings. The second kappa shape index (κ2) is 20.9. The first-order valence-corrected chi connectivity index (χ1v) is 1.37. The van der Waals surface area contributed by atoms with E-state index in [1.807, 2.05) is 0 Å². The average molecular weight is 239 g/mol. The third-order valence-electron chi connectivity index (χ3n) is 0. The molecule has 0 heterocycles. The maximum atomic E-state index is 8.34. The second-order valence-corrected chi connectivity index (χ2v) is 0. The Bertz CT molecular complexity index is 8.00. The molecule has 0 aromatic heterocycles. The summed E-state index contributed by atoms with van der Waals surface area (Å²) in [6.07, 6.45) is 0. The van der Waals surface area contributed by atoms with Gasteiger partial charge in [0.1, 0.15) is 0 Å². The van der Waals surface area contributed by atoms with Gasteiger partial charge in [0.25, 0.3) is 0 Å². The molecule has 22 valence electrons. The first-order valence-electron chi connectivity index (χ1n) is 0.204. The van der Waals surface area contributed by atoms with Gasteiger partial charge in [0.05, 0.1) is 0 Å². The van der Waals surface area contributed by atoms with Gasteiger partial charge in [-0.1, -0.05) is 0 Å². The van der Waals surface area contributed by atoms with Gasteiger partial charge >= 0.3 is 26.0 Å². The van der Waals surface area contributed by atoms with Crippen LogP contribution in [0.25, 0.3) is 0 Å². The Balaban J connectivity index is -0.00000000500. The van der Waals surface area contributed by atoms with Crippen LogP contribution in [0.1, 0.15) is 0 Å². The topological polar surface area (TPSA) is 17.1 Å². The maximum absolute atomic E-state index is 8.34. The van der Waals surface area contributed by atoms with Crippen LogP contribution in [0.5, 0.6) is 0 Å². The van der Waals surface area contributed by atoms with Crippen LogP contribution in [0.4, 0.5) is 0 Å². The fraction of sp³-hybridized carbons (Fsp3) is 0. The van der Waals surface area contributed by atoms with Crippen LogP contribution >= 0.6 is 0 Å². The average Bonchev–Trinajstić information content (AvgIpc) is 1.00. The third kappa shape index (κ3) is 9.12. The molecule has 1 nitrogen and oxygen atoms in total. The molecule has 0 saturated heterocycles. The molecule has 0 radical (unpaired) electrons. The first kappa shape index (κ1) is 16.9. The van der Waals surface area contributed by atoms with Gasteiger partial charge in [-0.05, 0) is 0 Å². The van der Waals surface area contributed by atoms with Crippen molar-refractivity contribution in [3.63, 3.8) is 0 Å². The number of hydrogen-bond acceptors (Lipinski definition) is 1. The van der Waals surface area contributed by atoms with E-state index in [0.29, 0.717) is 23.0 Å². The van der Waals surface area contributed by atoms with Gasteiger partial charge in [-0.3, -0.25) is 0 Å². The van der Waals surface area contributed by atoms with Crippen molar-refractivity contribution in [1.29, 1.82) is 0 Å². The van der Waals surface area contributed by atoms with E-state index >= 15 is 0 Å². The van der Waals surface area contributed by atoms with Gasteiger partial charge < -0.3 is 0 Å². The van der Waals surface area contributed by atoms with Crippen LogP contribution < -0.4 is 0 Å². The van der Waals surface area contributed by atoms with E-state index < -0.39 is 0 Å². The minimum Gasteiger partial charge on any atom is 0 e. The minimum atomic E-state index is 0. The normalized spacial score (nSPS) is 1.00. The number of rotatable bonds is 0. The van der Waals surface area contributed by atoms with E-state index in [2.05, 4.69) is 0 Å². The quantitative estimate of drug-likeness (QED) is 0.507. The van der Waals surface area contributed by atoms with E-state index in [1.165, 1.54) is 0 Å². The fourth-order valence-electron chi connectivity index (χ4n) is 0. The second-order valence-electron chi connectivity index (χ2n) is 0. The van der Waals surface area contributed by atoms with Crippen molar-refractivity contribution >= 4 is 23.0 Å². The molecule has 4 heteroatoms. The van der Waals surface area contributed by atoms with Crippen molar-refractivity contribution in [2.45, 2.75) is 0 Å². The van der Waals surface area contributed by atoms with Gasteiger partial charge in [0, 0.05) is 39.1 Å². The van der Waals surface area contributed by atoms with E-state index in [1.54, 1.807) is 0 Å². The summed E-state index contributed by atoms with van der Waals surface area (Å²) in [5.41, 5.74) is 0. The van der Waals surface area contributed by atoms with Crippen molar-refractivity contribution in [3.05, 3.63) is 0 Å². The molecule has 0 aromatic carbocycles. The summed E-state index contributed by atoms with van der Waals surface area (Å²) in [6.45, 7) is 0. The molecule has 0 aliphatic carbocycles. The van der Waals surface area contributed by atoms with Crippen molar-refractivity contribution in [1.82, 2.24) is 0 Å². The molecule has 0 aliphatic rings. The van der Waals surface area contributed by atoms with Crippen molar-refractivity contribution < 1.29 is 42.1 Å². The van der Waals surface area contributed by atoms with E-state index in [9.17, 15) is 0 Å². The van der Waals surface area contributed by atoms with Crippen LogP contribution in [0, 0.1) is 0 Å². The molecule has 0 bridgehead atoms. The SMILES string of the molecule is [Cr].[O]=[SbH].[Ti]. The summed E-state index contributed by atoms with van der Waals surface area (Å²) < 4.78 is 8.34. The van der Waals surface area contributed by atoms with E-state index in [-0.39, 0.29) is 39.1 Å². The van der Waals surface area contributed by atoms with Crippen LogP contribution in [-0.4, -0.2) is 23.0 Å². The van der Waals surface area contributed by atoms with Crippen LogP contribution in [0.15, 0.2) is 0 Å². The maximum Gasteiger partial charge on any atom is 0 e. The largest absolute Gasteiger partial charge is 0 e. The first-order chi connectivity index (χ1) is 1.00. The van der Waals surface area contributed by atoms with Gasteiger partial charge in [-0.25, -0.2) is 0 Å². The Morgan fingerprint density at radius 1 is 1.25 bits per heavy atom. The van der Waals surface area contributed by atoms with Gasteiger partial charge in [-0.2, -0.15) is 0 Å². The molecule has 0 amide bonds. The summed E-state index contributed by atoms with van der Waals surface area (Å²) in [7, 11) is 0. The summed E-state index contributed by atoms with van der Waals surface area (Å²) >= 11 is 0.300. The Hall–Kier alpha value is 1.86. The molecule has 0 aliphatic heterocycles. The molecular weight excluding hydrogens is 238 g/mol. The smallest absolute Gasteiger partial charge is 0 e. The zero-order chi connectivity index (χ0) is 2.00. The minimum absolute atomic E-state index is 0. The summed E-state index contributed by atoms with van der Waals surface area (Å²) in [5.74, 6) is 0. The van der Waals surface area contributed by atoms with Gasteiger partial charge in [0.15, 0.2) is 0 Å². The molecule has 0 aromatic rings. The number of hydrogen-bond donors (Lipinski definition) is 0. The van der Waals surface area contributed by atoms with Gasteiger partial charge in [0.2, 0.25) is 0 Å². The van der Waals surface area contributed by atoms with Crippen LogP contribution in [0.2, 0.25) is 0 Å². The van der Waals surface area contributed by atoms with E-state index in [4.69, 9.17) is 3.02 Å². The Morgan fingerprint density at radius 3 is 1.25 bits per heavy atom. The Labute approximate surface area is 64.4 Å². The molecule has 0 N–H and O–H groups in total. The molecule has 4 heavy (non-hydrogen) atoms. The molecule has 0 saturated carbocycles. The van der Waals surface area contributed by atoms with Crippen LogP contribution in [0.3, 0.4) is 0 Å². The summed E-state index contributed by atoms with van der Waals surface area (Å²) in [5, 5.41) is 0. The summed E-state index contributed by atoms with van der Waals surface area (Å²) in [6, 6.07) is 0. The standard InChI is InChI=1S/Cr.O.Sb.Ti.H. The third-order valence-corrected chi connectivity index (χ3v) is 0. The van der Waals surface area contributed by atoms with Crippen molar-refractivity contribution in [3.8, 4) is 0 Å². The molecular formula is HCrOSbTi. The fourth-order valence-corrected chi connectivity index (χ4v) is 0. The van der Waals surface area contributed by atoms with Gasteiger partial charge in [-0.15, -0.1) is 0 Å². The Kier molecular flexibility index (Phi) is 88.3. The van der Waals surface area contributed by atoms with E-state index in [0.717, 1.165) is 0 Å². The van der Waals surface area contributed by atoms with Crippen molar-refractivity contribution in [2.75, 3.05) is 0 Å². The Morgan fingerprint density at radius 2 is 1.25 bits per heavy atom. The zero-order valence-corrected chi connectivity index (χ0v) is 7.51. The monoisotopic (exact) mass is 238 g/mol.